The molecule has 0 atom stereocenters. The van der Waals surface area contributed by atoms with Gasteiger partial charge in [0.25, 0.3) is 0 Å². The van der Waals surface area contributed by atoms with Crippen molar-refractivity contribution in [2.45, 2.75) is 0 Å². The van der Waals surface area contributed by atoms with E-state index < -0.39 is 5.97 Å². The Bertz CT molecular complexity index is 807. The molecule has 0 radical (unpaired) electrons. The van der Waals surface area contributed by atoms with E-state index in [0.717, 1.165) is 22.3 Å². The second-order valence-electron chi connectivity index (χ2n) is 4.92. The van der Waals surface area contributed by atoms with Gasteiger partial charge in [0.05, 0.1) is 0 Å². The first-order valence-corrected chi connectivity index (χ1v) is 7.15. The van der Waals surface area contributed by atoms with Crippen molar-refractivity contribution in [3.8, 4) is 34.1 Å². The van der Waals surface area contributed by atoms with Gasteiger partial charge in [0.15, 0.2) is 6.07 Å². The zero-order valence-corrected chi connectivity index (χ0v) is 12.3. The van der Waals surface area contributed by atoms with Gasteiger partial charge in [-0.2, -0.15) is 5.26 Å². The molecule has 0 heterocycles. The van der Waals surface area contributed by atoms with E-state index in [0.29, 0.717) is 5.75 Å². The second-order valence-corrected chi connectivity index (χ2v) is 4.92. The predicted molar refractivity (Wildman–Crippen MR) is 88.6 cm³/mol. The summed E-state index contributed by atoms with van der Waals surface area (Å²) in [7, 11) is 0. The molecule has 23 heavy (non-hydrogen) atoms. The van der Waals surface area contributed by atoms with Crippen LogP contribution in [0.5, 0.6) is 5.75 Å². The van der Waals surface area contributed by atoms with Gasteiger partial charge in [0.1, 0.15) is 5.75 Å². The summed E-state index contributed by atoms with van der Waals surface area (Å²) in [5.74, 6) is -0.526. The highest BCUT2D eigenvalue weighted by Gasteiger charge is 2.16. The third-order valence-corrected chi connectivity index (χ3v) is 3.47. The quantitative estimate of drug-likeness (QED) is 0.408. The van der Waals surface area contributed by atoms with Crippen LogP contribution in [0.25, 0.3) is 22.3 Å². The fraction of sp³-hybridized carbons (Fsp3) is 0. The Morgan fingerprint density at radius 2 is 1.22 bits per heavy atom. The molecule has 0 aromatic heterocycles. The molecule has 0 spiro atoms. The van der Waals surface area contributed by atoms with Gasteiger partial charge in [-0.15, -0.1) is 0 Å². The summed E-state index contributed by atoms with van der Waals surface area (Å²) in [6, 6.07) is 26.4. The number of nitrogens with zero attached hydrogens (tertiary/aromatic N) is 1. The maximum absolute atomic E-state index is 11.6. The Labute approximate surface area is 134 Å². The number of nitriles is 1. The molecule has 0 aliphatic rings. The van der Waals surface area contributed by atoms with E-state index in [4.69, 9.17) is 10.00 Å². The molecule has 0 aliphatic heterocycles. The van der Waals surface area contributed by atoms with Crippen molar-refractivity contribution < 1.29 is 9.53 Å². The van der Waals surface area contributed by atoms with Gasteiger partial charge >= 0.3 is 5.97 Å². The van der Waals surface area contributed by atoms with Crippen LogP contribution in [0.3, 0.4) is 0 Å². The van der Waals surface area contributed by atoms with Crippen LogP contribution in [0.1, 0.15) is 0 Å². The summed E-state index contributed by atoms with van der Waals surface area (Å²) in [5.41, 5.74) is 3.39. The normalized spacial score (nSPS) is 9.87. The van der Waals surface area contributed by atoms with E-state index in [1.54, 1.807) is 0 Å². The molecule has 0 N–H and O–H groups in total. The van der Waals surface area contributed by atoms with Crippen LogP contribution in [-0.2, 0) is 4.79 Å². The Balaban J connectivity index is 2.21. The van der Waals surface area contributed by atoms with E-state index in [2.05, 4.69) is 0 Å². The highest BCUT2D eigenvalue weighted by molar-refractivity contribution is 5.92. The van der Waals surface area contributed by atoms with Crippen LogP contribution in [0.2, 0.25) is 0 Å². The summed E-state index contributed by atoms with van der Waals surface area (Å²) in [5, 5.41) is 8.79. The van der Waals surface area contributed by atoms with Crippen LogP contribution in [0, 0.1) is 11.3 Å². The molecule has 0 saturated heterocycles. The number of carbonyl (C=O) groups excluding carboxylic acids is 1. The highest BCUT2D eigenvalue weighted by atomic mass is 16.5. The van der Waals surface area contributed by atoms with Crippen molar-refractivity contribution >= 4 is 5.97 Å². The van der Waals surface area contributed by atoms with Crippen molar-refractivity contribution in [3.05, 3.63) is 78.9 Å². The van der Waals surface area contributed by atoms with Gasteiger partial charge in [-0.25, -0.2) is 4.79 Å². The van der Waals surface area contributed by atoms with Crippen molar-refractivity contribution in [2.24, 2.45) is 0 Å². The maximum Gasteiger partial charge on any atom is 0.416 e. The minimum atomic E-state index is -0.925. The van der Waals surface area contributed by atoms with Crippen LogP contribution < -0.4 is 4.74 Å². The SMILES string of the molecule is N#CC(=O)Oc1c(-c2ccccc2)cccc1-c1ccccc1. The standard InChI is InChI=1S/C20H13NO2/c21-14-19(22)23-20-17(15-8-3-1-4-9-15)12-7-13-18(20)16-10-5-2-6-11-16/h1-13H. The number of benzene rings is 3. The van der Waals surface area contributed by atoms with E-state index in [1.807, 2.05) is 78.9 Å². The van der Waals surface area contributed by atoms with Gasteiger partial charge in [-0.3, -0.25) is 0 Å². The van der Waals surface area contributed by atoms with E-state index in [1.165, 1.54) is 6.07 Å². The molecule has 0 fully saturated rings. The average molecular weight is 299 g/mol. The van der Waals surface area contributed by atoms with Gasteiger partial charge in [-0.05, 0) is 11.1 Å². The molecule has 0 saturated carbocycles. The molecule has 3 aromatic rings. The van der Waals surface area contributed by atoms with E-state index in [9.17, 15) is 4.79 Å². The van der Waals surface area contributed by atoms with Crippen molar-refractivity contribution in [1.29, 1.82) is 5.26 Å². The van der Waals surface area contributed by atoms with Crippen LogP contribution in [0.4, 0.5) is 0 Å². The van der Waals surface area contributed by atoms with Crippen LogP contribution >= 0.6 is 0 Å². The lowest BCUT2D eigenvalue weighted by Crippen LogP contribution is -2.06. The first kappa shape index (κ1) is 14.6. The molecule has 0 bridgehead atoms. The largest absolute Gasteiger partial charge is 0.416 e. The second kappa shape index (κ2) is 6.59. The topological polar surface area (TPSA) is 50.1 Å². The van der Waals surface area contributed by atoms with Crippen LogP contribution in [0.15, 0.2) is 78.9 Å². The number of esters is 1. The first-order chi connectivity index (χ1) is 11.3. The number of hydrogen-bond donors (Lipinski definition) is 0. The minimum absolute atomic E-state index is 0.399. The Hall–Kier alpha value is -3.38. The monoisotopic (exact) mass is 299 g/mol. The fourth-order valence-electron chi connectivity index (χ4n) is 2.45. The summed E-state index contributed by atoms with van der Waals surface area (Å²) >= 11 is 0. The zero-order chi connectivity index (χ0) is 16.1. The molecule has 0 amide bonds. The Morgan fingerprint density at radius 3 is 1.65 bits per heavy atom. The number of rotatable bonds is 3. The minimum Gasteiger partial charge on any atom is -0.414 e. The van der Waals surface area contributed by atoms with E-state index >= 15 is 0 Å². The number of para-hydroxylation sites is 1. The smallest absolute Gasteiger partial charge is 0.414 e. The van der Waals surface area contributed by atoms with Gasteiger partial charge in [0.2, 0.25) is 0 Å². The Kier molecular flexibility index (Phi) is 4.17. The molecule has 3 nitrogen and oxygen atoms in total. The number of carbonyl (C=O) groups is 1. The molecular formula is C20H13NO2. The summed E-state index contributed by atoms with van der Waals surface area (Å²) in [6.07, 6.45) is 0. The molecule has 0 unspecified atom stereocenters. The van der Waals surface area contributed by atoms with E-state index in [-0.39, 0.29) is 0 Å². The zero-order valence-electron chi connectivity index (χ0n) is 12.3. The van der Waals surface area contributed by atoms with Crippen molar-refractivity contribution in [1.82, 2.24) is 0 Å². The lowest BCUT2D eigenvalue weighted by Gasteiger charge is -2.14. The molecule has 3 heteroatoms. The Morgan fingerprint density at radius 1 is 0.739 bits per heavy atom. The summed E-state index contributed by atoms with van der Waals surface area (Å²) < 4.78 is 5.33. The van der Waals surface area contributed by atoms with Crippen molar-refractivity contribution in [3.63, 3.8) is 0 Å². The van der Waals surface area contributed by atoms with Crippen LogP contribution in [-0.4, -0.2) is 5.97 Å². The molecule has 3 rings (SSSR count). The summed E-state index contributed by atoms with van der Waals surface area (Å²) in [4.78, 5) is 11.6. The third-order valence-electron chi connectivity index (χ3n) is 3.47. The third kappa shape index (κ3) is 3.12. The fourth-order valence-corrected chi connectivity index (χ4v) is 2.45. The molecule has 110 valence electrons. The van der Waals surface area contributed by atoms with Gasteiger partial charge < -0.3 is 4.74 Å². The van der Waals surface area contributed by atoms with Crippen molar-refractivity contribution in [2.75, 3.05) is 0 Å². The molecule has 0 aliphatic carbocycles. The summed E-state index contributed by atoms with van der Waals surface area (Å²) in [6.45, 7) is 0. The lowest BCUT2D eigenvalue weighted by molar-refractivity contribution is -0.128. The number of hydrogen-bond acceptors (Lipinski definition) is 3. The lowest BCUT2D eigenvalue weighted by atomic mass is 9.97. The molecule has 3 aromatic carbocycles. The van der Waals surface area contributed by atoms with Gasteiger partial charge in [0, 0.05) is 11.1 Å². The predicted octanol–water partition coefficient (Wildman–Crippen LogP) is 4.45. The average Bonchev–Trinajstić information content (AvgIpc) is 2.63. The maximum atomic E-state index is 11.6. The highest BCUT2D eigenvalue weighted by Crippen LogP contribution is 2.38. The molecular weight excluding hydrogens is 286 g/mol. The number of ether oxygens (including phenoxy) is 1. The first-order valence-electron chi connectivity index (χ1n) is 7.15. The van der Waals surface area contributed by atoms with Gasteiger partial charge in [-0.1, -0.05) is 78.9 Å².